The van der Waals surface area contributed by atoms with Crippen LogP contribution >= 0.6 is 0 Å². The fourth-order valence-electron chi connectivity index (χ4n) is 1.22. The third-order valence-electron chi connectivity index (χ3n) is 2.49. The molecular weight excluding hydrogens is 188 g/mol. The number of carbonyl (C=O) groups is 1. The molecule has 0 aromatic rings. The first-order valence-corrected chi connectivity index (χ1v) is 5.57. The number of allylic oxidation sites excluding steroid dienone is 3. The highest BCUT2D eigenvalue weighted by Crippen LogP contribution is 2.12. The van der Waals surface area contributed by atoms with E-state index < -0.39 is 0 Å². The van der Waals surface area contributed by atoms with E-state index in [-0.39, 0.29) is 5.97 Å². The summed E-state index contributed by atoms with van der Waals surface area (Å²) < 4.78 is 4.60. The van der Waals surface area contributed by atoms with Crippen LogP contribution in [0.4, 0.5) is 0 Å². The SMILES string of the molecule is CCC(C)=CCCC(=CC(=O)OC)CC. The second-order valence-corrected chi connectivity index (χ2v) is 3.62. The molecule has 0 saturated carbocycles. The lowest BCUT2D eigenvalue weighted by molar-refractivity contribution is -0.134. The van der Waals surface area contributed by atoms with Crippen molar-refractivity contribution in [1.29, 1.82) is 0 Å². The van der Waals surface area contributed by atoms with Crippen molar-refractivity contribution < 1.29 is 9.53 Å². The first kappa shape index (κ1) is 13.9. The lowest BCUT2D eigenvalue weighted by atomic mass is 10.1. The highest BCUT2D eigenvalue weighted by atomic mass is 16.5. The van der Waals surface area contributed by atoms with Crippen LogP contribution in [0, 0.1) is 0 Å². The average molecular weight is 210 g/mol. The smallest absolute Gasteiger partial charge is 0.330 e. The van der Waals surface area contributed by atoms with Crippen LogP contribution in [0.25, 0.3) is 0 Å². The predicted octanol–water partition coefficient (Wildman–Crippen LogP) is 3.63. The summed E-state index contributed by atoms with van der Waals surface area (Å²) in [6.45, 7) is 6.34. The minimum atomic E-state index is -0.247. The van der Waals surface area contributed by atoms with Crippen LogP contribution in [0.2, 0.25) is 0 Å². The zero-order valence-corrected chi connectivity index (χ0v) is 10.3. The Labute approximate surface area is 93.0 Å². The normalized spacial score (nSPS) is 12.8. The van der Waals surface area contributed by atoms with E-state index in [1.807, 2.05) is 0 Å². The highest BCUT2D eigenvalue weighted by molar-refractivity contribution is 5.82. The van der Waals surface area contributed by atoms with Gasteiger partial charge in [0.05, 0.1) is 7.11 Å². The number of methoxy groups -OCH3 is 1. The Bertz CT molecular complexity index is 249. The van der Waals surface area contributed by atoms with E-state index in [0.29, 0.717) is 0 Å². The summed E-state index contributed by atoms with van der Waals surface area (Å²) in [4.78, 5) is 11.0. The van der Waals surface area contributed by atoms with Gasteiger partial charge in [-0.3, -0.25) is 0 Å². The molecule has 15 heavy (non-hydrogen) atoms. The molecule has 0 spiro atoms. The number of carbonyl (C=O) groups excluding carboxylic acids is 1. The molecule has 0 rings (SSSR count). The van der Waals surface area contributed by atoms with Gasteiger partial charge in [0.15, 0.2) is 0 Å². The van der Waals surface area contributed by atoms with Gasteiger partial charge >= 0.3 is 5.97 Å². The molecule has 0 aliphatic carbocycles. The van der Waals surface area contributed by atoms with Crippen LogP contribution in [0.1, 0.15) is 46.5 Å². The molecule has 0 amide bonds. The Morgan fingerprint density at radius 1 is 1.27 bits per heavy atom. The molecular formula is C13H22O2. The Morgan fingerprint density at radius 3 is 2.40 bits per heavy atom. The molecule has 86 valence electrons. The molecule has 0 N–H and O–H groups in total. The molecule has 0 atom stereocenters. The number of esters is 1. The van der Waals surface area contributed by atoms with E-state index in [1.54, 1.807) is 6.08 Å². The molecule has 0 aliphatic heterocycles. The maximum atomic E-state index is 11.0. The Balaban J connectivity index is 4.12. The third kappa shape index (κ3) is 6.95. The van der Waals surface area contributed by atoms with Gasteiger partial charge in [-0.2, -0.15) is 0 Å². The van der Waals surface area contributed by atoms with Gasteiger partial charge in [-0.05, 0) is 32.6 Å². The van der Waals surface area contributed by atoms with Gasteiger partial charge in [-0.1, -0.05) is 31.1 Å². The molecule has 0 heterocycles. The van der Waals surface area contributed by atoms with Crippen molar-refractivity contribution in [3.05, 3.63) is 23.3 Å². The van der Waals surface area contributed by atoms with Crippen LogP contribution in [0.3, 0.4) is 0 Å². The second-order valence-electron chi connectivity index (χ2n) is 3.62. The molecule has 0 saturated heterocycles. The Morgan fingerprint density at radius 2 is 1.93 bits per heavy atom. The van der Waals surface area contributed by atoms with E-state index >= 15 is 0 Å². The van der Waals surface area contributed by atoms with Crippen LogP contribution in [-0.2, 0) is 9.53 Å². The summed E-state index contributed by atoms with van der Waals surface area (Å²) in [5.41, 5.74) is 2.56. The monoisotopic (exact) mass is 210 g/mol. The summed E-state index contributed by atoms with van der Waals surface area (Å²) in [6.07, 6.45) is 7.81. The number of hydrogen-bond donors (Lipinski definition) is 0. The highest BCUT2D eigenvalue weighted by Gasteiger charge is 1.99. The Hall–Kier alpha value is -1.05. The van der Waals surface area contributed by atoms with Gasteiger partial charge in [-0.25, -0.2) is 4.79 Å². The summed E-state index contributed by atoms with van der Waals surface area (Å²) in [5, 5.41) is 0. The fraction of sp³-hybridized carbons (Fsp3) is 0.615. The van der Waals surface area contributed by atoms with Gasteiger partial charge in [0, 0.05) is 6.08 Å². The van der Waals surface area contributed by atoms with Gasteiger partial charge < -0.3 is 4.74 Å². The molecule has 0 fully saturated rings. The molecule has 0 aromatic carbocycles. The van der Waals surface area contributed by atoms with Gasteiger partial charge in [0.2, 0.25) is 0 Å². The summed E-state index contributed by atoms with van der Waals surface area (Å²) >= 11 is 0. The molecule has 0 radical (unpaired) electrons. The minimum Gasteiger partial charge on any atom is -0.466 e. The van der Waals surface area contributed by atoms with Gasteiger partial charge in [0.25, 0.3) is 0 Å². The Kier molecular flexibility index (Phi) is 7.69. The maximum Gasteiger partial charge on any atom is 0.330 e. The van der Waals surface area contributed by atoms with Crippen molar-refractivity contribution in [3.8, 4) is 0 Å². The lowest BCUT2D eigenvalue weighted by Gasteiger charge is -2.02. The van der Waals surface area contributed by atoms with E-state index in [4.69, 9.17) is 0 Å². The summed E-state index contributed by atoms with van der Waals surface area (Å²) in [6, 6.07) is 0. The zero-order chi connectivity index (χ0) is 11.7. The fourth-order valence-corrected chi connectivity index (χ4v) is 1.22. The van der Waals surface area contributed by atoms with Crippen molar-refractivity contribution in [3.63, 3.8) is 0 Å². The van der Waals surface area contributed by atoms with Crippen LogP contribution in [0.15, 0.2) is 23.3 Å². The second kappa shape index (κ2) is 8.27. The molecule has 0 aliphatic rings. The van der Waals surface area contributed by atoms with Crippen molar-refractivity contribution >= 4 is 5.97 Å². The van der Waals surface area contributed by atoms with Crippen LogP contribution in [-0.4, -0.2) is 13.1 Å². The standard InChI is InChI=1S/C13H22O2/c1-5-11(3)8-7-9-12(6-2)10-13(14)15-4/h8,10H,5-7,9H2,1-4H3. The van der Waals surface area contributed by atoms with Crippen molar-refractivity contribution in [1.82, 2.24) is 0 Å². The quantitative estimate of drug-likeness (QED) is 0.380. The predicted molar refractivity (Wildman–Crippen MR) is 63.7 cm³/mol. The van der Waals surface area contributed by atoms with E-state index in [0.717, 1.165) is 31.3 Å². The van der Waals surface area contributed by atoms with Crippen molar-refractivity contribution in [2.45, 2.75) is 46.5 Å². The number of rotatable bonds is 6. The van der Waals surface area contributed by atoms with Crippen LogP contribution < -0.4 is 0 Å². The van der Waals surface area contributed by atoms with Crippen molar-refractivity contribution in [2.75, 3.05) is 7.11 Å². The third-order valence-corrected chi connectivity index (χ3v) is 2.49. The van der Waals surface area contributed by atoms with Gasteiger partial charge in [-0.15, -0.1) is 0 Å². The molecule has 0 unspecified atom stereocenters. The van der Waals surface area contributed by atoms with E-state index in [9.17, 15) is 4.79 Å². The lowest BCUT2D eigenvalue weighted by Crippen LogP contribution is -1.97. The van der Waals surface area contributed by atoms with Crippen molar-refractivity contribution in [2.24, 2.45) is 0 Å². The number of ether oxygens (including phenoxy) is 1. The topological polar surface area (TPSA) is 26.3 Å². The average Bonchev–Trinajstić information content (AvgIpc) is 2.26. The summed E-state index contributed by atoms with van der Waals surface area (Å²) in [7, 11) is 1.41. The van der Waals surface area contributed by atoms with Gasteiger partial charge in [0.1, 0.15) is 0 Å². The first-order valence-electron chi connectivity index (χ1n) is 5.57. The van der Waals surface area contributed by atoms with Crippen LogP contribution in [0.5, 0.6) is 0 Å². The molecule has 2 nitrogen and oxygen atoms in total. The molecule has 2 heteroatoms. The molecule has 0 bridgehead atoms. The van der Waals surface area contributed by atoms with E-state index in [1.165, 1.54) is 12.7 Å². The minimum absolute atomic E-state index is 0.247. The largest absolute Gasteiger partial charge is 0.466 e. The van der Waals surface area contributed by atoms with E-state index in [2.05, 4.69) is 31.6 Å². The number of hydrogen-bond acceptors (Lipinski definition) is 2. The maximum absolute atomic E-state index is 11.0. The first-order chi connectivity index (χ1) is 7.13. The zero-order valence-electron chi connectivity index (χ0n) is 10.3. The summed E-state index contributed by atoms with van der Waals surface area (Å²) in [5.74, 6) is -0.247. The molecule has 0 aromatic heterocycles.